The number of thiocarbonyl (C=S) groups is 1. The highest BCUT2D eigenvalue weighted by atomic mass is 32.2. The third-order valence-electron chi connectivity index (χ3n) is 1.81. The van der Waals surface area contributed by atoms with E-state index in [9.17, 15) is 0 Å². The smallest absolute Gasteiger partial charge is 0.220 e. The lowest BCUT2D eigenvalue weighted by Gasteiger charge is -2.09. The van der Waals surface area contributed by atoms with Gasteiger partial charge in [-0.1, -0.05) is 48.2 Å². The summed E-state index contributed by atoms with van der Waals surface area (Å²) in [6.45, 7) is 1.97. The monoisotopic (exact) mass is 238 g/mol. The highest BCUT2D eigenvalue weighted by Gasteiger charge is 2.00. The molecule has 0 aliphatic rings. The molecular formula is C12H14OS2. The molecule has 0 N–H and O–H groups in total. The standard InChI is InChI=1S/C12H14OS2/c1-10(13-12(14)15-2)8-9-11-6-4-3-5-7-11/h3-10H,1-2H3/b9-8+. The summed E-state index contributed by atoms with van der Waals surface area (Å²) in [5, 5.41) is 0. The summed E-state index contributed by atoms with van der Waals surface area (Å²) in [6.07, 6.45) is 5.96. The van der Waals surface area contributed by atoms with Gasteiger partial charge >= 0.3 is 0 Å². The highest BCUT2D eigenvalue weighted by Crippen LogP contribution is 2.07. The van der Waals surface area contributed by atoms with Crippen molar-refractivity contribution in [3.63, 3.8) is 0 Å². The molecule has 0 aromatic heterocycles. The quantitative estimate of drug-likeness (QED) is 0.742. The Bertz CT molecular complexity index is 333. The molecule has 0 spiro atoms. The summed E-state index contributed by atoms with van der Waals surface area (Å²) < 4.78 is 6.01. The Labute approximate surface area is 101 Å². The van der Waals surface area contributed by atoms with Crippen LogP contribution in [0.5, 0.6) is 0 Å². The van der Waals surface area contributed by atoms with Crippen molar-refractivity contribution < 1.29 is 4.74 Å². The first-order valence-corrected chi connectivity index (χ1v) is 6.33. The van der Waals surface area contributed by atoms with Crippen LogP contribution in [-0.4, -0.2) is 16.7 Å². The molecule has 0 amide bonds. The number of benzene rings is 1. The summed E-state index contributed by atoms with van der Waals surface area (Å²) in [6, 6.07) is 10.1. The van der Waals surface area contributed by atoms with Gasteiger partial charge in [-0.05, 0) is 37.0 Å². The van der Waals surface area contributed by atoms with Crippen LogP contribution in [0, 0.1) is 0 Å². The first-order valence-electron chi connectivity index (χ1n) is 4.70. The molecular weight excluding hydrogens is 224 g/mol. The van der Waals surface area contributed by atoms with Gasteiger partial charge in [0, 0.05) is 0 Å². The van der Waals surface area contributed by atoms with Crippen LogP contribution in [0.25, 0.3) is 6.08 Å². The van der Waals surface area contributed by atoms with E-state index in [0.717, 1.165) is 0 Å². The van der Waals surface area contributed by atoms with Crippen LogP contribution in [0.4, 0.5) is 0 Å². The molecule has 3 heteroatoms. The predicted octanol–water partition coefficient (Wildman–Crippen LogP) is 3.75. The topological polar surface area (TPSA) is 9.23 Å². The van der Waals surface area contributed by atoms with E-state index in [0.29, 0.717) is 4.38 Å². The average molecular weight is 238 g/mol. The van der Waals surface area contributed by atoms with Crippen molar-refractivity contribution >= 4 is 34.4 Å². The second kappa shape index (κ2) is 6.64. The molecule has 0 bridgehead atoms. The van der Waals surface area contributed by atoms with Crippen LogP contribution in [0.15, 0.2) is 36.4 Å². The Morgan fingerprint density at radius 3 is 2.67 bits per heavy atom. The van der Waals surface area contributed by atoms with E-state index in [1.54, 1.807) is 0 Å². The van der Waals surface area contributed by atoms with E-state index >= 15 is 0 Å². The molecule has 1 rings (SSSR count). The maximum Gasteiger partial charge on any atom is 0.220 e. The van der Waals surface area contributed by atoms with Crippen molar-refractivity contribution in [1.82, 2.24) is 0 Å². The van der Waals surface area contributed by atoms with Crippen LogP contribution >= 0.6 is 24.0 Å². The summed E-state index contributed by atoms with van der Waals surface area (Å²) in [4.78, 5) is 0. The minimum atomic E-state index is 0.0187. The summed E-state index contributed by atoms with van der Waals surface area (Å²) >= 11 is 6.42. The van der Waals surface area contributed by atoms with E-state index in [2.05, 4.69) is 12.1 Å². The van der Waals surface area contributed by atoms with Crippen LogP contribution < -0.4 is 0 Å². The highest BCUT2D eigenvalue weighted by molar-refractivity contribution is 8.22. The van der Waals surface area contributed by atoms with Crippen molar-refractivity contribution in [3.8, 4) is 0 Å². The third-order valence-corrected chi connectivity index (χ3v) is 2.83. The zero-order valence-corrected chi connectivity index (χ0v) is 10.5. The van der Waals surface area contributed by atoms with E-state index in [1.807, 2.05) is 43.5 Å². The fourth-order valence-corrected chi connectivity index (χ4v) is 1.45. The molecule has 15 heavy (non-hydrogen) atoms. The predicted molar refractivity (Wildman–Crippen MR) is 72.1 cm³/mol. The third kappa shape index (κ3) is 5.00. The second-order valence-corrected chi connectivity index (χ2v) is 4.46. The molecule has 1 aromatic rings. The summed E-state index contributed by atoms with van der Waals surface area (Å²) in [5.41, 5.74) is 1.17. The van der Waals surface area contributed by atoms with Gasteiger partial charge in [0.25, 0.3) is 0 Å². The Balaban J connectivity index is 2.47. The van der Waals surface area contributed by atoms with Crippen LogP contribution in [0.1, 0.15) is 12.5 Å². The Morgan fingerprint density at radius 2 is 2.07 bits per heavy atom. The minimum Gasteiger partial charge on any atom is -0.471 e. The van der Waals surface area contributed by atoms with Gasteiger partial charge in [-0.2, -0.15) is 0 Å². The second-order valence-electron chi connectivity index (χ2n) is 3.05. The van der Waals surface area contributed by atoms with Crippen molar-refractivity contribution in [3.05, 3.63) is 42.0 Å². The SMILES string of the molecule is CSC(=S)OC(C)/C=C/c1ccccc1. The Kier molecular flexibility index (Phi) is 5.43. The van der Waals surface area contributed by atoms with Crippen LogP contribution in [0.3, 0.4) is 0 Å². The number of ether oxygens (including phenoxy) is 1. The molecule has 0 fully saturated rings. The van der Waals surface area contributed by atoms with Gasteiger partial charge in [0.05, 0.1) is 0 Å². The lowest BCUT2D eigenvalue weighted by molar-refractivity contribution is 0.273. The average Bonchev–Trinajstić information content (AvgIpc) is 2.27. The minimum absolute atomic E-state index is 0.0187. The molecule has 80 valence electrons. The molecule has 0 heterocycles. The van der Waals surface area contributed by atoms with E-state index in [1.165, 1.54) is 17.3 Å². The molecule has 1 aromatic carbocycles. The fraction of sp³-hybridized carbons (Fsp3) is 0.250. The Hall–Kier alpha value is -0.800. The first kappa shape index (κ1) is 12.3. The van der Waals surface area contributed by atoms with Gasteiger partial charge in [-0.15, -0.1) is 0 Å². The van der Waals surface area contributed by atoms with E-state index < -0.39 is 0 Å². The van der Waals surface area contributed by atoms with Gasteiger partial charge in [-0.25, -0.2) is 0 Å². The number of rotatable bonds is 3. The van der Waals surface area contributed by atoms with Gasteiger partial charge in [0.2, 0.25) is 4.38 Å². The number of hydrogen-bond donors (Lipinski definition) is 0. The van der Waals surface area contributed by atoms with Crippen molar-refractivity contribution in [2.24, 2.45) is 0 Å². The normalized spacial score (nSPS) is 12.7. The Morgan fingerprint density at radius 1 is 1.40 bits per heavy atom. The molecule has 1 unspecified atom stereocenters. The van der Waals surface area contributed by atoms with Crippen molar-refractivity contribution in [2.45, 2.75) is 13.0 Å². The van der Waals surface area contributed by atoms with Crippen molar-refractivity contribution in [1.29, 1.82) is 0 Å². The van der Waals surface area contributed by atoms with E-state index in [4.69, 9.17) is 17.0 Å². The molecule has 0 radical (unpaired) electrons. The lowest BCUT2D eigenvalue weighted by Crippen LogP contribution is -2.07. The summed E-state index contributed by atoms with van der Waals surface area (Å²) in [5.74, 6) is 0. The zero-order valence-electron chi connectivity index (χ0n) is 8.84. The first-order chi connectivity index (χ1) is 7.22. The largest absolute Gasteiger partial charge is 0.471 e. The lowest BCUT2D eigenvalue weighted by atomic mass is 10.2. The number of hydrogen-bond acceptors (Lipinski definition) is 3. The van der Waals surface area contributed by atoms with Gasteiger partial charge < -0.3 is 4.74 Å². The molecule has 0 saturated heterocycles. The maximum absolute atomic E-state index is 5.43. The van der Waals surface area contributed by atoms with Gasteiger partial charge in [0.1, 0.15) is 6.10 Å². The zero-order chi connectivity index (χ0) is 11.1. The summed E-state index contributed by atoms with van der Waals surface area (Å²) in [7, 11) is 0. The maximum atomic E-state index is 5.43. The molecule has 1 atom stereocenters. The van der Waals surface area contributed by atoms with Crippen molar-refractivity contribution in [2.75, 3.05) is 6.26 Å². The molecule has 0 aliphatic carbocycles. The van der Waals surface area contributed by atoms with E-state index in [-0.39, 0.29) is 6.10 Å². The van der Waals surface area contributed by atoms with Crippen LogP contribution in [-0.2, 0) is 4.74 Å². The van der Waals surface area contributed by atoms with Crippen LogP contribution in [0.2, 0.25) is 0 Å². The fourth-order valence-electron chi connectivity index (χ4n) is 1.05. The number of thioether (sulfide) groups is 1. The molecule has 1 nitrogen and oxygen atoms in total. The molecule has 0 saturated carbocycles. The van der Waals surface area contributed by atoms with Gasteiger partial charge in [-0.3, -0.25) is 0 Å². The van der Waals surface area contributed by atoms with Gasteiger partial charge in [0.15, 0.2) is 0 Å². The molecule has 0 aliphatic heterocycles.